The molecule has 1 aliphatic carbocycles. The van der Waals surface area contributed by atoms with Gasteiger partial charge in [-0.25, -0.2) is 0 Å². The lowest BCUT2D eigenvalue weighted by Gasteiger charge is -2.23. The molecule has 0 amide bonds. The molecule has 0 atom stereocenters. The summed E-state index contributed by atoms with van der Waals surface area (Å²) in [6, 6.07) is 0.433. The van der Waals surface area contributed by atoms with Crippen LogP contribution in [0, 0.1) is 10.1 Å². The maximum atomic E-state index is 10.3. The largest absolute Gasteiger partial charge is 0.372 e. The average molecular weight is 216 g/mol. The Kier molecular flexibility index (Phi) is 4.79. The summed E-state index contributed by atoms with van der Waals surface area (Å²) >= 11 is 1.40. The summed E-state index contributed by atoms with van der Waals surface area (Å²) in [5.74, 6) is 0. The summed E-state index contributed by atoms with van der Waals surface area (Å²) < 4.78 is 0. The minimum Gasteiger partial charge on any atom is -0.372 e. The zero-order valence-electron chi connectivity index (χ0n) is 8.36. The van der Waals surface area contributed by atoms with Crippen LogP contribution in [0.4, 0.5) is 0 Å². The number of hydrogen-bond donors (Lipinski definition) is 1. The van der Waals surface area contributed by atoms with Gasteiger partial charge in [0.2, 0.25) is 0 Å². The van der Waals surface area contributed by atoms with E-state index in [0.29, 0.717) is 11.1 Å². The predicted octanol–water partition coefficient (Wildman–Crippen LogP) is 2.35. The molecule has 80 valence electrons. The van der Waals surface area contributed by atoms with Crippen LogP contribution in [0.15, 0.2) is 11.2 Å². The third-order valence-corrected chi connectivity index (χ3v) is 3.06. The molecule has 1 fully saturated rings. The molecule has 5 heteroatoms. The van der Waals surface area contributed by atoms with Crippen molar-refractivity contribution in [3.05, 3.63) is 21.3 Å². The van der Waals surface area contributed by atoms with Crippen molar-refractivity contribution in [1.29, 1.82) is 0 Å². The number of rotatable bonds is 4. The highest BCUT2D eigenvalue weighted by atomic mass is 32.2. The van der Waals surface area contributed by atoms with Crippen molar-refractivity contribution in [2.24, 2.45) is 0 Å². The summed E-state index contributed by atoms with van der Waals surface area (Å²) in [7, 11) is 0. The molecule has 0 saturated heterocycles. The van der Waals surface area contributed by atoms with E-state index in [1.54, 1.807) is 0 Å². The maximum Gasteiger partial charge on any atom is 0.263 e. The molecule has 0 spiro atoms. The van der Waals surface area contributed by atoms with Gasteiger partial charge in [-0.1, -0.05) is 19.3 Å². The first kappa shape index (κ1) is 11.4. The van der Waals surface area contributed by atoms with Crippen molar-refractivity contribution < 1.29 is 4.92 Å². The van der Waals surface area contributed by atoms with Crippen molar-refractivity contribution in [1.82, 2.24) is 5.32 Å². The highest BCUT2D eigenvalue weighted by molar-refractivity contribution is 8.02. The fourth-order valence-corrected chi connectivity index (χ4v) is 2.17. The number of hydrogen-bond acceptors (Lipinski definition) is 4. The Bertz CT molecular complexity index is 225. The van der Waals surface area contributed by atoms with Gasteiger partial charge in [0.05, 0.1) is 4.92 Å². The number of nitrogens with zero attached hydrogens (tertiary/aromatic N) is 1. The predicted molar refractivity (Wildman–Crippen MR) is 58.6 cm³/mol. The normalized spacial score (nSPS) is 19.4. The monoisotopic (exact) mass is 216 g/mol. The van der Waals surface area contributed by atoms with Crippen molar-refractivity contribution in [2.45, 2.75) is 38.1 Å². The molecule has 0 aromatic rings. The molecule has 0 aliphatic heterocycles. The Morgan fingerprint density at radius 1 is 1.50 bits per heavy atom. The Balaban J connectivity index is 2.42. The molecule has 0 radical (unpaired) electrons. The topological polar surface area (TPSA) is 55.2 Å². The molecule has 0 bridgehead atoms. The molecule has 0 heterocycles. The average Bonchev–Trinajstić information content (AvgIpc) is 2.17. The molecule has 14 heavy (non-hydrogen) atoms. The zero-order chi connectivity index (χ0) is 10.4. The van der Waals surface area contributed by atoms with E-state index in [9.17, 15) is 10.1 Å². The van der Waals surface area contributed by atoms with Crippen LogP contribution >= 0.6 is 11.8 Å². The molecule has 1 N–H and O–H groups in total. The Morgan fingerprint density at radius 3 is 2.64 bits per heavy atom. The van der Waals surface area contributed by atoms with Crippen molar-refractivity contribution in [3.8, 4) is 0 Å². The van der Waals surface area contributed by atoms with E-state index in [-0.39, 0.29) is 0 Å². The quantitative estimate of drug-likeness (QED) is 0.579. The summed E-state index contributed by atoms with van der Waals surface area (Å²) in [4.78, 5) is 9.88. The summed E-state index contributed by atoms with van der Waals surface area (Å²) in [6.07, 6.45) is 8.94. The highest BCUT2D eigenvalue weighted by Gasteiger charge is 2.14. The summed E-state index contributed by atoms with van der Waals surface area (Å²) in [5, 5.41) is 14.2. The lowest BCUT2D eigenvalue weighted by Crippen LogP contribution is -2.29. The molecule has 0 aromatic carbocycles. The third-order valence-electron chi connectivity index (χ3n) is 2.39. The van der Waals surface area contributed by atoms with Gasteiger partial charge in [0.1, 0.15) is 5.03 Å². The standard InChI is InChI=1S/C9H16N2O2S/c1-14-9(7-11(12)13)10-8-5-3-2-4-6-8/h7-8,10H,2-6H2,1H3/b9-7-. The van der Waals surface area contributed by atoms with Crippen LogP contribution in [-0.4, -0.2) is 17.2 Å². The van der Waals surface area contributed by atoms with Gasteiger partial charge in [-0.2, -0.15) is 0 Å². The Hall–Kier alpha value is -0.710. The van der Waals surface area contributed by atoms with Gasteiger partial charge in [0.25, 0.3) is 6.20 Å². The maximum absolute atomic E-state index is 10.3. The minimum atomic E-state index is -0.401. The first-order chi connectivity index (χ1) is 6.72. The van der Waals surface area contributed by atoms with Crippen molar-refractivity contribution in [3.63, 3.8) is 0 Å². The van der Waals surface area contributed by atoms with Crippen LogP contribution in [0.1, 0.15) is 32.1 Å². The van der Waals surface area contributed by atoms with E-state index in [2.05, 4.69) is 5.32 Å². The SMILES string of the molecule is CS/C(=C\[N+](=O)[O-])NC1CCCCC1. The van der Waals surface area contributed by atoms with E-state index >= 15 is 0 Å². The second kappa shape index (κ2) is 5.90. The van der Waals surface area contributed by atoms with E-state index in [1.807, 2.05) is 6.26 Å². The third kappa shape index (κ3) is 4.00. The van der Waals surface area contributed by atoms with Crippen LogP contribution in [0.2, 0.25) is 0 Å². The lowest BCUT2D eigenvalue weighted by molar-refractivity contribution is -0.403. The Morgan fingerprint density at radius 2 is 2.14 bits per heavy atom. The van der Waals surface area contributed by atoms with Gasteiger partial charge >= 0.3 is 0 Å². The molecule has 0 unspecified atom stereocenters. The summed E-state index contributed by atoms with van der Waals surface area (Å²) in [6.45, 7) is 0. The smallest absolute Gasteiger partial charge is 0.263 e. The van der Waals surface area contributed by atoms with Gasteiger partial charge in [0, 0.05) is 6.04 Å². The highest BCUT2D eigenvalue weighted by Crippen LogP contribution is 2.20. The zero-order valence-corrected chi connectivity index (χ0v) is 9.18. The summed E-state index contributed by atoms with van der Waals surface area (Å²) in [5.41, 5.74) is 0. The van der Waals surface area contributed by atoms with E-state index in [4.69, 9.17) is 0 Å². The number of thioether (sulfide) groups is 1. The number of nitrogens with one attached hydrogen (secondary N) is 1. The molecule has 4 nitrogen and oxygen atoms in total. The van der Waals surface area contributed by atoms with Crippen LogP contribution < -0.4 is 5.32 Å². The van der Waals surface area contributed by atoms with Crippen LogP contribution in [0.5, 0.6) is 0 Å². The molecular weight excluding hydrogens is 200 g/mol. The van der Waals surface area contributed by atoms with Crippen LogP contribution in [0.3, 0.4) is 0 Å². The van der Waals surface area contributed by atoms with Crippen molar-refractivity contribution in [2.75, 3.05) is 6.26 Å². The fourth-order valence-electron chi connectivity index (χ4n) is 1.69. The minimum absolute atomic E-state index is 0.401. The lowest BCUT2D eigenvalue weighted by atomic mass is 9.96. The Labute approximate surface area is 88.3 Å². The molecule has 1 rings (SSSR count). The van der Waals surface area contributed by atoms with Gasteiger partial charge in [0.15, 0.2) is 0 Å². The first-order valence-corrected chi connectivity index (χ1v) is 6.10. The van der Waals surface area contributed by atoms with Crippen molar-refractivity contribution >= 4 is 11.8 Å². The van der Waals surface area contributed by atoms with E-state index in [1.165, 1.54) is 31.0 Å². The molecule has 1 aliphatic rings. The molecule has 0 aromatic heterocycles. The number of nitro groups is 1. The van der Waals surface area contributed by atoms with Gasteiger partial charge in [-0.15, -0.1) is 11.8 Å². The van der Waals surface area contributed by atoms with Gasteiger partial charge in [-0.3, -0.25) is 10.1 Å². The second-order valence-electron chi connectivity index (χ2n) is 3.46. The molecular formula is C9H16N2O2S. The van der Waals surface area contributed by atoms with Gasteiger partial charge in [-0.05, 0) is 19.1 Å². The van der Waals surface area contributed by atoms with E-state index < -0.39 is 4.92 Å². The van der Waals surface area contributed by atoms with Gasteiger partial charge < -0.3 is 5.32 Å². The fraction of sp³-hybridized carbons (Fsp3) is 0.778. The van der Waals surface area contributed by atoms with E-state index in [0.717, 1.165) is 19.0 Å². The first-order valence-electron chi connectivity index (χ1n) is 4.88. The molecule has 1 saturated carbocycles. The second-order valence-corrected chi connectivity index (χ2v) is 4.31. The van der Waals surface area contributed by atoms with Crippen LogP contribution in [0.25, 0.3) is 0 Å². The van der Waals surface area contributed by atoms with Crippen LogP contribution in [-0.2, 0) is 0 Å².